The fraction of sp³-hybridized carbons (Fsp3) is 0.400. The third-order valence-electron chi connectivity index (χ3n) is 9.88. The van der Waals surface area contributed by atoms with E-state index in [0.29, 0.717) is 79.8 Å². The molecule has 0 aliphatic carbocycles. The third-order valence-corrected chi connectivity index (χ3v) is 10.9. The van der Waals surface area contributed by atoms with Crippen molar-refractivity contribution >= 4 is 45.9 Å². The number of piperidine rings is 1. The number of hydrogen-bond donors (Lipinski definition) is 1. The molecule has 0 atom stereocenters. The van der Waals surface area contributed by atoms with Gasteiger partial charge in [-0.15, -0.1) is 0 Å². The molecule has 2 aliphatic rings. The Morgan fingerprint density at radius 2 is 1.65 bits per heavy atom. The molecule has 0 bridgehead atoms. The summed E-state index contributed by atoms with van der Waals surface area (Å²) in [5.74, 6) is 1.35. The molecule has 0 unspecified atom stereocenters. The maximum atomic E-state index is 13.6. The summed E-state index contributed by atoms with van der Waals surface area (Å²) in [6.45, 7) is 11.2. The summed E-state index contributed by atoms with van der Waals surface area (Å²) in [4.78, 5) is 48.2. The van der Waals surface area contributed by atoms with Gasteiger partial charge < -0.3 is 29.7 Å². The fourth-order valence-corrected chi connectivity index (χ4v) is 7.80. The van der Waals surface area contributed by atoms with Gasteiger partial charge in [-0.25, -0.2) is 28.9 Å². The predicted octanol–water partition coefficient (Wildman–Crippen LogP) is 7.09. The number of nitrogens with zero attached hydrogens (tertiary/aromatic N) is 9. The molecule has 4 aromatic heterocycles. The van der Waals surface area contributed by atoms with Gasteiger partial charge in [0.2, 0.25) is 0 Å². The van der Waals surface area contributed by atoms with Crippen LogP contribution >= 0.6 is 11.3 Å². The second-order valence-electron chi connectivity index (χ2n) is 14.8. The number of urea groups is 1. The lowest BCUT2D eigenvalue weighted by molar-refractivity contribution is 0.0200. The van der Waals surface area contributed by atoms with Crippen molar-refractivity contribution in [3.8, 4) is 28.5 Å². The van der Waals surface area contributed by atoms with E-state index in [0.717, 1.165) is 34.1 Å². The van der Waals surface area contributed by atoms with Crippen LogP contribution in [0.4, 0.5) is 30.7 Å². The molecular weight excluding hydrogens is 720 g/mol. The first-order valence-electron chi connectivity index (χ1n) is 18.6. The van der Waals surface area contributed by atoms with E-state index in [1.54, 1.807) is 17.0 Å². The summed E-state index contributed by atoms with van der Waals surface area (Å²) in [6, 6.07) is 16.3. The highest BCUT2D eigenvalue weighted by atomic mass is 32.1. The van der Waals surface area contributed by atoms with Gasteiger partial charge in [0.25, 0.3) is 0 Å². The van der Waals surface area contributed by atoms with Gasteiger partial charge in [-0.3, -0.25) is 4.40 Å². The van der Waals surface area contributed by atoms with Crippen LogP contribution in [0.2, 0.25) is 0 Å². The lowest BCUT2D eigenvalue weighted by atomic mass is 10.1. The number of carbonyl (C=O) groups excluding carboxylic acids is 2. The molecule has 0 saturated carbocycles. The van der Waals surface area contributed by atoms with E-state index in [9.17, 15) is 19.2 Å². The van der Waals surface area contributed by atoms with Gasteiger partial charge in [-0.2, -0.15) is 5.26 Å². The number of imidazole rings is 1. The van der Waals surface area contributed by atoms with Crippen LogP contribution in [0.1, 0.15) is 51.1 Å². The van der Waals surface area contributed by atoms with Crippen LogP contribution in [0.15, 0.2) is 60.9 Å². The topological polar surface area (TPSA) is 135 Å². The minimum Gasteiger partial charge on any atom is -0.444 e. The predicted molar refractivity (Wildman–Crippen MR) is 211 cm³/mol. The van der Waals surface area contributed by atoms with Crippen LogP contribution < -0.4 is 15.1 Å². The van der Waals surface area contributed by atoms with Gasteiger partial charge in [0.1, 0.15) is 45.3 Å². The molecule has 13 nitrogen and oxygen atoms in total. The van der Waals surface area contributed by atoms with Gasteiger partial charge in [0.05, 0.1) is 5.69 Å². The van der Waals surface area contributed by atoms with E-state index >= 15 is 0 Å². The highest BCUT2D eigenvalue weighted by molar-refractivity contribution is 7.16. The quantitative estimate of drug-likeness (QED) is 0.184. The number of halogens is 1. The van der Waals surface area contributed by atoms with Crippen molar-refractivity contribution in [3.63, 3.8) is 0 Å². The molecular formula is C40H45FN10O3S. The number of pyridine rings is 2. The van der Waals surface area contributed by atoms with Crippen LogP contribution in [0, 0.1) is 17.1 Å². The zero-order valence-corrected chi connectivity index (χ0v) is 32.6. The molecule has 1 aromatic carbocycles. The maximum Gasteiger partial charge on any atom is 0.410 e. The number of carbonyl (C=O) groups is 2. The summed E-state index contributed by atoms with van der Waals surface area (Å²) in [6.07, 6.45) is 5.69. The van der Waals surface area contributed by atoms with E-state index in [1.165, 1.54) is 23.5 Å². The lowest BCUT2D eigenvalue weighted by Crippen LogP contribution is -2.55. The van der Waals surface area contributed by atoms with Crippen LogP contribution in [-0.2, 0) is 11.2 Å². The van der Waals surface area contributed by atoms with Gasteiger partial charge in [0.15, 0.2) is 5.13 Å². The molecule has 2 fully saturated rings. The number of rotatable bonds is 7. The van der Waals surface area contributed by atoms with Gasteiger partial charge in [-0.05, 0) is 88.6 Å². The van der Waals surface area contributed by atoms with Crippen molar-refractivity contribution < 1.29 is 18.7 Å². The van der Waals surface area contributed by atoms with Crippen molar-refractivity contribution in [3.05, 3.63) is 77.3 Å². The molecule has 55 heavy (non-hydrogen) atoms. The van der Waals surface area contributed by atoms with E-state index in [4.69, 9.17) is 19.7 Å². The Kier molecular flexibility index (Phi) is 10.6. The summed E-state index contributed by atoms with van der Waals surface area (Å²) < 4.78 is 21.1. The van der Waals surface area contributed by atoms with Crippen molar-refractivity contribution in [1.29, 1.82) is 5.26 Å². The highest BCUT2D eigenvalue weighted by Crippen LogP contribution is 2.37. The molecule has 286 valence electrons. The SMILES string of the molecule is CCc1nc2ccc(-c3ccc(N4CCN(C(=O)NC5CCN(C(=O)OC(C)(C)C)CC5)CC4)nc3)cn2c1N(C)c1nc(-c2ccc(F)cc2)c(C#N)s1. The maximum absolute atomic E-state index is 13.6. The van der Waals surface area contributed by atoms with Gasteiger partial charge >= 0.3 is 12.1 Å². The number of thiazole rings is 1. The Bertz CT molecular complexity index is 2210. The van der Waals surface area contributed by atoms with E-state index < -0.39 is 5.60 Å². The van der Waals surface area contributed by atoms with Crippen molar-refractivity contribution in [2.45, 2.75) is 58.6 Å². The number of nitrogens with one attached hydrogen (secondary N) is 1. The Hall–Kier alpha value is -5.75. The lowest BCUT2D eigenvalue weighted by Gasteiger charge is -2.37. The van der Waals surface area contributed by atoms with E-state index in [2.05, 4.69) is 29.3 Å². The number of fused-ring (bicyclic) bond motifs is 1. The Balaban J connectivity index is 0.991. The van der Waals surface area contributed by atoms with Crippen LogP contribution in [-0.4, -0.2) is 99.2 Å². The number of benzene rings is 1. The molecule has 3 amide bonds. The number of likely N-dealkylation sites (tertiary alicyclic amines) is 1. The average Bonchev–Trinajstić information content (AvgIpc) is 3.79. The van der Waals surface area contributed by atoms with Crippen LogP contribution in [0.5, 0.6) is 0 Å². The minimum atomic E-state index is -0.533. The Labute approximate surface area is 324 Å². The molecule has 15 heteroatoms. The second-order valence-corrected chi connectivity index (χ2v) is 15.8. The molecule has 2 aliphatic heterocycles. The average molecular weight is 765 g/mol. The zero-order valence-electron chi connectivity index (χ0n) is 31.8. The van der Waals surface area contributed by atoms with Crippen LogP contribution in [0.25, 0.3) is 28.0 Å². The number of piperazine rings is 1. The summed E-state index contributed by atoms with van der Waals surface area (Å²) in [7, 11) is 1.92. The van der Waals surface area contributed by atoms with Gasteiger partial charge in [-0.1, -0.05) is 18.3 Å². The number of anilines is 3. The number of amides is 3. The molecule has 7 rings (SSSR count). The Morgan fingerprint density at radius 1 is 0.964 bits per heavy atom. The highest BCUT2D eigenvalue weighted by Gasteiger charge is 2.30. The molecule has 0 spiro atoms. The number of nitriles is 1. The largest absolute Gasteiger partial charge is 0.444 e. The second kappa shape index (κ2) is 15.5. The number of aromatic nitrogens is 4. The monoisotopic (exact) mass is 764 g/mol. The summed E-state index contributed by atoms with van der Waals surface area (Å²) in [5.41, 5.74) is 4.25. The van der Waals surface area contributed by atoms with Crippen molar-refractivity contribution in [1.82, 2.24) is 34.5 Å². The number of ether oxygens (including phenoxy) is 1. The molecule has 2 saturated heterocycles. The number of hydrogen-bond acceptors (Lipinski definition) is 10. The van der Waals surface area contributed by atoms with Crippen molar-refractivity contribution in [2.75, 3.05) is 56.1 Å². The van der Waals surface area contributed by atoms with E-state index in [-0.39, 0.29) is 24.0 Å². The first-order valence-corrected chi connectivity index (χ1v) is 19.4. The number of aryl methyl sites for hydroxylation is 1. The summed E-state index contributed by atoms with van der Waals surface area (Å²) >= 11 is 1.28. The Morgan fingerprint density at radius 3 is 2.29 bits per heavy atom. The fourth-order valence-electron chi connectivity index (χ4n) is 6.95. The zero-order chi connectivity index (χ0) is 38.9. The van der Waals surface area contributed by atoms with E-state index in [1.807, 2.05) is 72.6 Å². The molecule has 0 radical (unpaired) electrons. The molecule has 1 N–H and O–H groups in total. The standard InChI is InChI=1S/C40H45FN10O3S/c1-6-31-36(47(5)38-46-35(32(23-42)55-38)26-7-11-29(41)12-8-26)51-25-28(10-14-34(51)45-31)27-9-13-33(43-24-27)48-19-21-49(22-20-48)37(52)44-30-15-17-50(18-16-30)39(53)54-40(2,3)4/h7-14,24-25,30H,6,15-22H2,1-5H3,(H,44,52). The first kappa shape index (κ1) is 37.6. The summed E-state index contributed by atoms with van der Waals surface area (Å²) in [5, 5.41) is 13.7. The molecule has 6 heterocycles. The molecule has 5 aromatic rings. The first-order chi connectivity index (χ1) is 26.4. The van der Waals surface area contributed by atoms with Gasteiger partial charge in [0, 0.05) is 81.4 Å². The van der Waals surface area contributed by atoms with Crippen LogP contribution in [0.3, 0.4) is 0 Å². The normalized spacial score (nSPS) is 15.3. The van der Waals surface area contributed by atoms with Crippen molar-refractivity contribution in [2.24, 2.45) is 0 Å². The third kappa shape index (κ3) is 8.19. The smallest absolute Gasteiger partial charge is 0.410 e. The minimum absolute atomic E-state index is 0.0227.